The summed E-state index contributed by atoms with van der Waals surface area (Å²) in [4.78, 5) is 18.4. The summed E-state index contributed by atoms with van der Waals surface area (Å²) < 4.78 is 19.6. The van der Waals surface area contributed by atoms with E-state index in [1.54, 1.807) is 27.4 Å². The van der Waals surface area contributed by atoms with E-state index in [2.05, 4.69) is 10.1 Å². The second-order valence-electron chi connectivity index (χ2n) is 8.97. The molecule has 6 rings (SSSR count). The number of rotatable bonds is 8. The first kappa shape index (κ1) is 26.0. The van der Waals surface area contributed by atoms with Crippen LogP contribution in [0.15, 0.2) is 83.8 Å². The van der Waals surface area contributed by atoms with Gasteiger partial charge in [-0.25, -0.2) is 4.68 Å². The van der Waals surface area contributed by atoms with Gasteiger partial charge in [-0.1, -0.05) is 41.7 Å². The van der Waals surface area contributed by atoms with E-state index in [-0.39, 0.29) is 5.56 Å². The Balaban J connectivity index is 1.37. The van der Waals surface area contributed by atoms with Crippen molar-refractivity contribution in [2.75, 3.05) is 21.3 Å². The van der Waals surface area contributed by atoms with Crippen LogP contribution in [0.4, 0.5) is 0 Å². The highest BCUT2D eigenvalue weighted by Gasteiger charge is 2.14. The van der Waals surface area contributed by atoms with Gasteiger partial charge in [0.05, 0.1) is 31.5 Å². The molecule has 0 saturated carbocycles. The predicted octanol–water partition coefficient (Wildman–Crippen LogP) is 4.75. The molecule has 0 bridgehead atoms. The van der Waals surface area contributed by atoms with E-state index in [0.29, 0.717) is 26.8 Å². The van der Waals surface area contributed by atoms with Crippen LogP contribution in [0.3, 0.4) is 0 Å². The van der Waals surface area contributed by atoms with Gasteiger partial charge in [-0.3, -0.25) is 4.79 Å². The van der Waals surface area contributed by atoms with Gasteiger partial charge in [0.25, 0.3) is 5.56 Å². The largest absolute Gasteiger partial charge is 0.497 e. The molecule has 0 N–H and O–H groups in total. The van der Waals surface area contributed by atoms with Crippen LogP contribution in [0.1, 0.15) is 17.0 Å². The Kier molecular flexibility index (Phi) is 7.05. The zero-order valence-corrected chi connectivity index (χ0v) is 23.3. The fourth-order valence-corrected chi connectivity index (χ4v) is 5.27. The molecule has 204 valence electrons. The summed E-state index contributed by atoms with van der Waals surface area (Å²) in [5, 5.41) is 9.27. The molecule has 0 spiro atoms. The fourth-order valence-electron chi connectivity index (χ4n) is 4.37. The van der Waals surface area contributed by atoms with Crippen LogP contribution in [0, 0.1) is 0 Å². The van der Waals surface area contributed by atoms with Crippen molar-refractivity contribution in [1.29, 1.82) is 0 Å². The molecule has 3 aromatic heterocycles. The first-order valence-electron chi connectivity index (χ1n) is 12.7. The second-order valence-corrected chi connectivity index (χ2v) is 9.98. The third-order valence-electron chi connectivity index (χ3n) is 6.44. The Labute approximate surface area is 239 Å². The van der Waals surface area contributed by atoms with E-state index in [4.69, 9.17) is 19.3 Å². The quantitative estimate of drug-likeness (QED) is 0.264. The Morgan fingerprint density at radius 3 is 2.32 bits per heavy atom. The maximum absolute atomic E-state index is 13.3. The average molecular weight is 564 g/mol. The van der Waals surface area contributed by atoms with Gasteiger partial charge in [0.2, 0.25) is 4.96 Å². The zero-order valence-electron chi connectivity index (χ0n) is 22.5. The molecule has 6 aromatic rings. The van der Waals surface area contributed by atoms with Crippen LogP contribution >= 0.6 is 11.3 Å². The topological polar surface area (TPSA) is 92.8 Å². The van der Waals surface area contributed by atoms with Crippen LogP contribution < -0.4 is 24.3 Å². The molecule has 0 amide bonds. The summed E-state index contributed by atoms with van der Waals surface area (Å²) in [5.74, 6) is 2.46. The second kappa shape index (κ2) is 11.1. The van der Waals surface area contributed by atoms with E-state index in [0.717, 1.165) is 33.8 Å². The van der Waals surface area contributed by atoms with Crippen LogP contribution in [0.2, 0.25) is 0 Å². The van der Waals surface area contributed by atoms with Crippen molar-refractivity contribution < 1.29 is 14.2 Å². The highest BCUT2D eigenvalue weighted by Crippen LogP contribution is 2.28. The molecule has 41 heavy (non-hydrogen) atoms. The molecule has 0 unspecified atom stereocenters. The first-order chi connectivity index (χ1) is 20.1. The van der Waals surface area contributed by atoms with Gasteiger partial charge in [-0.15, -0.1) is 5.10 Å². The van der Waals surface area contributed by atoms with Crippen molar-refractivity contribution in [3.05, 3.63) is 111 Å². The van der Waals surface area contributed by atoms with Crippen molar-refractivity contribution in [1.82, 2.24) is 24.4 Å². The third-order valence-corrected chi connectivity index (χ3v) is 7.40. The maximum Gasteiger partial charge on any atom is 0.291 e. The van der Waals surface area contributed by atoms with Gasteiger partial charge in [-0.2, -0.15) is 14.6 Å². The zero-order chi connectivity index (χ0) is 28.3. The number of benzene rings is 3. The lowest BCUT2D eigenvalue weighted by molar-refractivity contribution is 0.355. The lowest BCUT2D eigenvalue weighted by atomic mass is 10.1. The summed E-state index contributed by atoms with van der Waals surface area (Å²) in [5.41, 5.74) is 4.01. The van der Waals surface area contributed by atoms with Gasteiger partial charge >= 0.3 is 0 Å². The molecule has 3 aromatic carbocycles. The van der Waals surface area contributed by atoms with Crippen molar-refractivity contribution in [2.45, 2.75) is 0 Å². The Morgan fingerprint density at radius 1 is 0.829 bits per heavy atom. The monoisotopic (exact) mass is 563 g/mol. The summed E-state index contributed by atoms with van der Waals surface area (Å²) >= 11 is 1.28. The van der Waals surface area contributed by atoms with E-state index < -0.39 is 0 Å². The first-order valence-corrected chi connectivity index (χ1v) is 13.5. The predicted molar refractivity (Wildman–Crippen MR) is 160 cm³/mol. The number of hydrogen-bond donors (Lipinski definition) is 0. The minimum Gasteiger partial charge on any atom is -0.497 e. The van der Waals surface area contributed by atoms with Crippen LogP contribution in [0.25, 0.3) is 40.1 Å². The van der Waals surface area contributed by atoms with Crippen molar-refractivity contribution in [3.63, 3.8) is 0 Å². The van der Waals surface area contributed by atoms with Gasteiger partial charge < -0.3 is 14.2 Å². The highest BCUT2D eigenvalue weighted by molar-refractivity contribution is 7.15. The minimum absolute atomic E-state index is 0.239. The number of ether oxygens (including phenoxy) is 3. The van der Waals surface area contributed by atoms with Crippen LogP contribution in [-0.4, -0.2) is 45.7 Å². The average Bonchev–Trinajstić information content (AvgIpc) is 3.71. The summed E-state index contributed by atoms with van der Waals surface area (Å²) in [6.07, 6.45) is 7.38. The third kappa shape index (κ3) is 5.20. The van der Waals surface area contributed by atoms with Gasteiger partial charge in [-0.05, 0) is 66.2 Å². The number of hydrogen-bond acceptors (Lipinski definition) is 8. The van der Waals surface area contributed by atoms with Crippen molar-refractivity contribution >= 4 is 34.5 Å². The molecule has 0 aliphatic carbocycles. The number of thiazole rings is 1. The SMILES string of the molecule is COc1ccc(-c2nn(-c3ccccc3)cc2/C=c2\sc3nc(/C=C/c4ccc(OC)c(OC)c4)nn3c2=O)cc1. The standard InChI is InChI=1S/C31H25N5O4S/c1-38-24-13-11-21(12-14-24)29-22(19-35(34-29)23-7-5-4-6-8-23)18-27-30(37)36-31(41-27)32-28(33-36)16-10-20-9-15-25(39-2)26(17-20)40-3/h4-19H,1-3H3/b16-10+,27-18-. The molecule has 3 heterocycles. The molecular formula is C31H25N5O4S. The fraction of sp³-hybridized carbons (Fsp3) is 0.0968. The number of para-hydroxylation sites is 1. The molecule has 0 atom stereocenters. The Morgan fingerprint density at radius 2 is 1.61 bits per heavy atom. The normalized spacial score (nSPS) is 11.9. The lowest BCUT2D eigenvalue weighted by Gasteiger charge is -2.07. The van der Waals surface area contributed by atoms with Gasteiger partial charge in [0, 0.05) is 17.3 Å². The van der Waals surface area contributed by atoms with E-state index in [1.807, 2.05) is 95.8 Å². The van der Waals surface area contributed by atoms with Crippen molar-refractivity contribution in [3.8, 4) is 34.2 Å². The molecule has 0 aliphatic rings. The van der Waals surface area contributed by atoms with E-state index >= 15 is 0 Å². The van der Waals surface area contributed by atoms with E-state index in [9.17, 15) is 4.79 Å². The summed E-state index contributed by atoms with van der Waals surface area (Å²) in [6, 6.07) is 23.1. The maximum atomic E-state index is 13.3. The molecule has 9 nitrogen and oxygen atoms in total. The number of aromatic nitrogens is 5. The van der Waals surface area contributed by atoms with Crippen molar-refractivity contribution in [2.24, 2.45) is 0 Å². The Bertz CT molecular complexity index is 1980. The molecule has 0 saturated heterocycles. The minimum atomic E-state index is -0.239. The lowest BCUT2D eigenvalue weighted by Crippen LogP contribution is -2.23. The molecule has 0 aliphatic heterocycles. The number of methoxy groups -OCH3 is 3. The van der Waals surface area contributed by atoms with Gasteiger partial charge in [0.1, 0.15) is 11.4 Å². The molecule has 0 radical (unpaired) electrons. The molecular weight excluding hydrogens is 538 g/mol. The van der Waals surface area contributed by atoms with Crippen LogP contribution in [0.5, 0.6) is 17.2 Å². The summed E-state index contributed by atoms with van der Waals surface area (Å²) in [6.45, 7) is 0. The molecule has 0 fully saturated rings. The smallest absolute Gasteiger partial charge is 0.291 e. The van der Waals surface area contributed by atoms with Gasteiger partial charge in [0.15, 0.2) is 17.3 Å². The summed E-state index contributed by atoms with van der Waals surface area (Å²) in [7, 11) is 4.82. The number of nitrogens with zero attached hydrogens (tertiary/aromatic N) is 5. The van der Waals surface area contributed by atoms with E-state index in [1.165, 1.54) is 15.9 Å². The van der Waals surface area contributed by atoms with Crippen LogP contribution in [-0.2, 0) is 0 Å². The number of fused-ring (bicyclic) bond motifs is 1. The molecule has 10 heteroatoms. The highest BCUT2D eigenvalue weighted by atomic mass is 32.1. The Hall–Kier alpha value is -5.22.